The standard InChI is InChI=1S/C18H20ClN3O2/c1-3-11-21(12-13-23)17(24)10-9-16-14(2)20-22(18(16)19)15-7-5-4-6-8-15/h3-10,23H,1,11-13H2,2H3/b10-9+. The van der Waals surface area contributed by atoms with Crippen molar-refractivity contribution >= 4 is 23.6 Å². The third kappa shape index (κ3) is 4.13. The van der Waals surface area contributed by atoms with Crippen molar-refractivity contribution in [1.29, 1.82) is 0 Å². The van der Waals surface area contributed by atoms with Crippen LogP contribution in [0.1, 0.15) is 11.3 Å². The van der Waals surface area contributed by atoms with Gasteiger partial charge in [0.25, 0.3) is 0 Å². The topological polar surface area (TPSA) is 58.4 Å². The Kier molecular flexibility index (Phi) is 6.35. The van der Waals surface area contributed by atoms with Crippen molar-refractivity contribution in [1.82, 2.24) is 14.7 Å². The lowest BCUT2D eigenvalue weighted by Crippen LogP contribution is -2.32. The van der Waals surface area contributed by atoms with Crippen LogP contribution in [0.5, 0.6) is 0 Å². The molecule has 0 unspecified atom stereocenters. The molecule has 1 amide bonds. The number of aliphatic hydroxyl groups is 1. The van der Waals surface area contributed by atoms with Crippen molar-refractivity contribution in [3.63, 3.8) is 0 Å². The first-order chi connectivity index (χ1) is 11.6. The minimum atomic E-state index is -0.216. The predicted octanol–water partition coefficient (Wildman–Crippen LogP) is 2.85. The summed E-state index contributed by atoms with van der Waals surface area (Å²) < 4.78 is 1.64. The molecule has 1 N–H and O–H groups in total. The molecule has 1 aromatic heterocycles. The maximum Gasteiger partial charge on any atom is 0.246 e. The zero-order valence-corrected chi connectivity index (χ0v) is 14.3. The first-order valence-electron chi connectivity index (χ1n) is 7.57. The normalized spacial score (nSPS) is 11.0. The first-order valence-corrected chi connectivity index (χ1v) is 7.95. The minimum absolute atomic E-state index is 0.0981. The van der Waals surface area contributed by atoms with Crippen LogP contribution in [0.4, 0.5) is 0 Å². The third-order valence-electron chi connectivity index (χ3n) is 3.47. The molecule has 5 nitrogen and oxygen atoms in total. The molecule has 2 aromatic rings. The molecule has 0 spiro atoms. The molecule has 0 atom stereocenters. The zero-order chi connectivity index (χ0) is 17.5. The minimum Gasteiger partial charge on any atom is -0.395 e. The molecule has 2 rings (SSSR count). The molecule has 0 aliphatic carbocycles. The van der Waals surface area contributed by atoms with Crippen molar-refractivity contribution < 1.29 is 9.90 Å². The van der Waals surface area contributed by atoms with Crippen molar-refractivity contribution in [2.24, 2.45) is 0 Å². The average molecular weight is 346 g/mol. The summed E-state index contributed by atoms with van der Waals surface area (Å²) in [5, 5.41) is 13.9. The van der Waals surface area contributed by atoms with Crippen LogP contribution < -0.4 is 0 Å². The number of carbonyl (C=O) groups is 1. The number of aliphatic hydroxyl groups excluding tert-OH is 1. The molecule has 0 fully saturated rings. The lowest BCUT2D eigenvalue weighted by Gasteiger charge is -2.17. The second-order valence-electron chi connectivity index (χ2n) is 5.17. The number of aryl methyl sites for hydroxylation is 1. The summed E-state index contributed by atoms with van der Waals surface area (Å²) in [4.78, 5) is 13.7. The van der Waals surface area contributed by atoms with E-state index in [1.54, 1.807) is 16.8 Å². The molecular weight excluding hydrogens is 326 g/mol. The van der Waals surface area contributed by atoms with Gasteiger partial charge in [-0.15, -0.1) is 6.58 Å². The molecule has 24 heavy (non-hydrogen) atoms. The van der Waals surface area contributed by atoms with Crippen molar-refractivity contribution in [2.45, 2.75) is 6.92 Å². The number of nitrogens with zero attached hydrogens (tertiary/aromatic N) is 3. The third-order valence-corrected chi connectivity index (χ3v) is 3.84. The number of halogens is 1. The van der Waals surface area contributed by atoms with Crippen LogP contribution in [0.2, 0.25) is 5.15 Å². The van der Waals surface area contributed by atoms with E-state index in [2.05, 4.69) is 11.7 Å². The Balaban J connectivity index is 2.25. The molecule has 0 saturated carbocycles. The summed E-state index contributed by atoms with van der Waals surface area (Å²) >= 11 is 6.42. The molecule has 0 radical (unpaired) electrons. The van der Waals surface area contributed by atoms with Crippen LogP contribution in [0.25, 0.3) is 11.8 Å². The molecule has 0 bridgehead atoms. The van der Waals surface area contributed by atoms with E-state index in [0.717, 1.165) is 11.4 Å². The lowest BCUT2D eigenvalue weighted by molar-refractivity contribution is -0.125. The Hall–Kier alpha value is -2.37. The molecule has 6 heteroatoms. The van der Waals surface area contributed by atoms with Gasteiger partial charge in [0, 0.05) is 24.7 Å². The molecule has 0 saturated heterocycles. The van der Waals surface area contributed by atoms with Gasteiger partial charge in [-0.05, 0) is 25.1 Å². The van der Waals surface area contributed by atoms with Crippen molar-refractivity contribution in [3.05, 3.63) is 65.5 Å². The SMILES string of the molecule is C=CCN(CCO)C(=O)/C=C/c1c(C)nn(-c2ccccc2)c1Cl. The maximum absolute atomic E-state index is 12.2. The van der Waals surface area contributed by atoms with Gasteiger partial charge in [0.15, 0.2) is 0 Å². The Bertz CT molecular complexity index is 738. The summed E-state index contributed by atoms with van der Waals surface area (Å²) in [5.41, 5.74) is 2.27. The molecule has 1 heterocycles. The van der Waals surface area contributed by atoms with E-state index >= 15 is 0 Å². The number of amides is 1. The fraction of sp³-hybridized carbons (Fsp3) is 0.222. The van der Waals surface area contributed by atoms with E-state index in [4.69, 9.17) is 16.7 Å². The Morgan fingerprint density at radius 2 is 2.12 bits per heavy atom. The van der Waals surface area contributed by atoms with Gasteiger partial charge >= 0.3 is 0 Å². The number of aromatic nitrogens is 2. The predicted molar refractivity (Wildman–Crippen MR) is 96.2 cm³/mol. The summed E-state index contributed by atoms with van der Waals surface area (Å²) in [5.74, 6) is -0.216. The van der Waals surface area contributed by atoms with Gasteiger partial charge in [-0.25, -0.2) is 4.68 Å². The highest BCUT2D eigenvalue weighted by molar-refractivity contribution is 6.31. The van der Waals surface area contributed by atoms with Gasteiger partial charge < -0.3 is 10.0 Å². The van der Waals surface area contributed by atoms with Crippen LogP contribution in [-0.2, 0) is 4.79 Å². The number of hydrogen-bond acceptors (Lipinski definition) is 3. The van der Waals surface area contributed by atoms with Crippen LogP contribution in [0.3, 0.4) is 0 Å². The number of carbonyl (C=O) groups excluding carboxylic acids is 1. The van der Waals surface area contributed by atoms with Crippen LogP contribution >= 0.6 is 11.6 Å². The van der Waals surface area contributed by atoms with E-state index in [1.165, 1.54) is 11.0 Å². The highest BCUT2D eigenvalue weighted by Gasteiger charge is 2.14. The summed E-state index contributed by atoms with van der Waals surface area (Å²) in [7, 11) is 0. The highest BCUT2D eigenvalue weighted by atomic mass is 35.5. The van der Waals surface area contributed by atoms with E-state index in [1.807, 2.05) is 37.3 Å². The lowest BCUT2D eigenvalue weighted by atomic mass is 10.2. The molecule has 1 aromatic carbocycles. The molecular formula is C18H20ClN3O2. The Morgan fingerprint density at radius 1 is 1.42 bits per heavy atom. The van der Waals surface area contributed by atoms with E-state index in [0.29, 0.717) is 17.3 Å². The maximum atomic E-state index is 12.2. The van der Waals surface area contributed by atoms with Crippen molar-refractivity contribution in [3.8, 4) is 5.69 Å². The van der Waals surface area contributed by atoms with Gasteiger partial charge in [-0.3, -0.25) is 4.79 Å². The van der Waals surface area contributed by atoms with Crippen LogP contribution in [0, 0.1) is 6.92 Å². The monoisotopic (exact) mass is 345 g/mol. The van der Waals surface area contributed by atoms with E-state index < -0.39 is 0 Å². The van der Waals surface area contributed by atoms with Crippen LogP contribution in [0.15, 0.2) is 49.1 Å². The molecule has 0 aliphatic heterocycles. The largest absolute Gasteiger partial charge is 0.395 e. The van der Waals surface area contributed by atoms with Gasteiger partial charge in [-0.1, -0.05) is 35.9 Å². The second-order valence-corrected chi connectivity index (χ2v) is 5.53. The van der Waals surface area contributed by atoms with E-state index in [9.17, 15) is 4.79 Å². The Morgan fingerprint density at radius 3 is 2.75 bits per heavy atom. The summed E-state index contributed by atoms with van der Waals surface area (Å²) in [6.45, 7) is 5.98. The highest BCUT2D eigenvalue weighted by Crippen LogP contribution is 2.24. The van der Waals surface area contributed by atoms with Gasteiger partial charge in [0.2, 0.25) is 5.91 Å². The number of hydrogen-bond donors (Lipinski definition) is 1. The van der Waals surface area contributed by atoms with E-state index in [-0.39, 0.29) is 19.1 Å². The summed E-state index contributed by atoms with van der Waals surface area (Å²) in [6.07, 6.45) is 4.71. The zero-order valence-electron chi connectivity index (χ0n) is 13.5. The van der Waals surface area contributed by atoms with Gasteiger partial charge in [0.05, 0.1) is 18.0 Å². The van der Waals surface area contributed by atoms with Crippen molar-refractivity contribution in [2.75, 3.05) is 19.7 Å². The second kappa shape index (κ2) is 8.47. The average Bonchev–Trinajstić information content (AvgIpc) is 2.87. The molecule has 0 aliphatic rings. The quantitative estimate of drug-likeness (QED) is 0.620. The first kappa shape index (κ1) is 18.0. The van der Waals surface area contributed by atoms with Gasteiger partial charge in [0.1, 0.15) is 5.15 Å². The number of rotatable bonds is 7. The fourth-order valence-corrected chi connectivity index (χ4v) is 2.60. The molecule has 126 valence electrons. The summed E-state index contributed by atoms with van der Waals surface area (Å²) in [6, 6.07) is 9.55. The van der Waals surface area contributed by atoms with Gasteiger partial charge in [-0.2, -0.15) is 5.10 Å². The van der Waals surface area contributed by atoms with Crippen LogP contribution in [-0.4, -0.2) is 45.4 Å². The fourth-order valence-electron chi connectivity index (χ4n) is 2.27. The smallest absolute Gasteiger partial charge is 0.246 e. The number of benzene rings is 1. The Labute approximate surface area is 146 Å². The number of para-hydroxylation sites is 1.